The molecule has 0 bridgehead atoms. The maximum absolute atomic E-state index is 11.3. The number of aryl methyl sites for hydroxylation is 1. The SMILES string of the molecule is Cc1cccc2c(C(=O)O)nc(C3CCCN3)n12. The molecule has 0 aromatic carbocycles. The second-order valence-electron chi connectivity index (χ2n) is 4.66. The van der Waals surface area contributed by atoms with Gasteiger partial charge in [0.05, 0.1) is 11.6 Å². The minimum Gasteiger partial charge on any atom is -0.476 e. The molecule has 5 nitrogen and oxygen atoms in total. The standard InChI is InChI=1S/C13H15N3O2/c1-8-4-2-6-10-11(13(17)18)15-12(16(8)10)9-5-3-7-14-9/h2,4,6,9,14H,3,5,7H2,1H3,(H,17,18). The van der Waals surface area contributed by atoms with Crippen LogP contribution in [0.25, 0.3) is 5.52 Å². The molecule has 94 valence electrons. The van der Waals surface area contributed by atoms with Gasteiger partial charge in [0.1, 0.15) is 5.82 Å². The number of hydrogen-bond donors (Lipinski definition) is 2. The highest BCUT2D eigenvalue weighted by atomic mass is 16.4. The Bertz CT molecular complexity index is 612. The van der Waals surface area contributed by atoms with Crippen molar-refractivity contribution in [3.8, 4) is 0 Å². The second-order valence-corrected chi connectivity index (χ2v) is 4.66. The van der Waals surface area contributed by atoms with Crippen LogP contribution in [0, 0.1) is 6.92 Å². The van der Waals surface area contributed by atoms with E-state index in [2.05, 4.69) is 10.3 Å². The molecule has 1 fully saturated rings. The number of carboxylic acid groups (broad SMARTS) is 1. The zero-order valence-electron chi connectivity index (χ0n) is 10.2. The van der Waals surface area contributed by atoms with Crippen molar-refractivity contribution in [1.29, 1.82) is 0 Å². The molecule has 1 aliphatic heterocycles. The molecule has 0 spiro atoms. The van der Waals surface area contributed by atoms with Crippen LogP contribution in [0.3, 0.4) is 0 Å². The third kappa shape index (κ3) is 1.59. The Labute approximate surface area is 104 Å². The molecule has 3 rings (SSSR count). The number of carboxylic acids is 1. The van der Waals surface area contributed by atoms with E-state index in [1.165, 1.54) is 0 Å². The summed E-state index contributed by atoms with van der Waals surface area (Å²) in [5.41, 5.74) is 1.82. The van der Waals surface area contributed by atoms with Crippen LogP contribution in [-0.2, 0) is 0 Å². The van der Waals surface area contributed by atoms with Crippen molar-refractivity contribution >= 4 is 11.5 Å². The summed E-state index contributed by atoms with van der Waals surface area (Å²) in [5, 5.41) is 12.6. The summed E-state index contributed by atoms with van der Waals surface area (Å²) < 4.78 is 1.95. The summed E-state index contributed by atoms with van der Waals surface area (Å²) in [7, 11) is 0. The normalized spacial score (nSPS) is 19.5. The summed E-state index contributed by atoms with van der Waals surface area (Å²) in [6.07, 6.45) is 2.11. The smallest absolute Gasteiger partial charge is 0.356 e. The highest BCUT2D eigenvalue weighted by Gasteiger charge is 2.25. The van der Waals surface area contributed by atoms with E-state index in [4.69, 9.17) is 0 Å². The van der Waals surface area contributed by atoms with E-state index in [9.17, 15) is 9.90 Å². The van der Waals surface area contributed by atoms with Gasteiger partial charge in [-0.1, -0.05) is 6.07 Å². The summed E-state index contributed by atoms with van der Waals surface area (Å²) in [4.78, 5) is 15.6. The highest BCUT2D eigenvalue weighted by molar-refractivity contribution is 5.93. The van der Waals surface area contributed by atoms with Gasteiger partial charge in [-0.2, -0.15) is 0 Å². The fourth-order valence-electron chi connectivity index (χ4n) is 2.62. The van der Waals surface area contributed by atoms with E-state index in [-0.39, 0.29) is 11.7 Å². The fourth-order valence-corrected chi connectivity index (χ4v) is 2.62. The molecule has 1 aliphatic rings. The Kier molecular flexibility index (Phi) is 2.56. The Morgan fingerprint density at radius 2 is 2.39 bits per heavy atom. The molecule has 0 amide bonds. The van der Waals surface area contributed by atoms with Crippen molar-refractivity contribution in [1.82, 2.24) is 14.7 Å². The number of hydrogen-bond acceptors (Lipinski definition) is 3. The zero-order valence-corrected chi connectivity index (χ0v) is 10.2. The lowest BCUT2D eigenvalue weighted by Gasteiger charge is -2.10. The predicted octanol–water partition coefficient (Wildman–Crippen LogP) is 1.77. The lowest BCUT2D eigenvalue weighted by Crippen LogP contribution is -2.16. The zero-order chi connectivity index (χ0) is 12.7. The molecule has 1 saturated heterocycles. The Morgan fingerprint density at radius 1 is 1.56 bits per heavy atom. The topological polar surface area (TPSA) is 66.6 Å². The number of rotatable bonds is 2. The first-order valence-electron chi connectivity index (χ1n) is 6.13. The monoisotopic (exact) mass is 245 g/mol. The summed E-state index contributed by atoms with van der Waals surface area (Å²) in [5.74, 6) is -0.152. The molecular formula is C13H15N3O2. The van der Waals surface area contributed by atoms with Crippen molar-refractivity contribution in [2.45, 2.75) is 25.8 Å². The first kappa shape index (κ1) is 11.2. The maximum Gasteiger partial charge on any atom is 0.356 e. The first-order chi connectivity index (χ1) is 8.68. The van der Waals surface area contributed by atoms with E-state index in [0.29, 0.717) is 5.52 Å². The van der Waals surface area contributed by atoms with E-state index in [1.807, 2.05) is 29.5 Å². The van der Waals surface area contributed by atoms with Crippen molar-refractivity contribution in [3.05, 3.63) is 35.4 Å². The molecule has 0 aliphatic carbocycles. The number of nitrogens with one attached hydrogen (secondary N) is 1. The average molecular weight is 245 g/mol. The number of pyridine rings is 1. The lowest BCUT2D eigenvalue weighted by atomic mass is 10.2. The Balaban J connectivity index is 2.27. The van der Waals surface area contributed by atoms with Crippen LogP contribution in [0.4, 0.5) is 0 Å². The molecule has 3 heterocycles. The van der Waals surface area contributed by atoms with Crippen LogP contribution in [0.15, 0.2) is 18.2 Å². The first-order valence-corrected chi connectivity index (χ1v) is 6.13. The van der Waals surface area contributed by atoms with Gasteiger partial charge in [0.2, 0.25) is 0 Å². The van der Waals surface area contributed by atoms with E-state index >= 15 is 0 Å². The largest absolute Gasteiger partial charge is 0.476 e. The molecule has 1 unspecified atom stereocenters. The lowest BCUT2D eigenvalue weighted by molar-refractivity contribution is 0.0693. The summed E-state index contributed by atoms with van der Waals surface area (Å²) in [6.45, 7) is 2.94. The number of aromatic carboxylic acids is 1. The Morgan fingerprint density at radius 3 is 3.06 bits per heavy atom. The molecule has 1 atom stereocenters. The van der Waals surface area contributed by atoms with Crippen LogP contribution >= 0.6 is 0 Å². The van der Waals surface area contributed by atoms with Gasteiger partial charge in [0.25, 0.3) is 0 Å². The number of carbonyl (C=O) groups is 1. The van der Waals surface area contributed by atoms with Crippen molar-refractivity contribution in [3.63, 3.8) is 0 Å². The fraction of sp³-hybridized carbons (Fsp3) is 0.385. The maximum atomic E-state index is 11.3. The molecule has 18 heavy (non-hydrogen) atoms. The van der Waals surface area contributed by atoms with Crippen molar-refractivity contribution < 1.29 is 9.90 Å². The number of fused-ring (bicyclic) bond motifs is 1. The molecule has 2 aromatic heterocycles. The predicted molar refractivity (Wildman–Crippen MR) is 66.9 cm³/mol. The molecular weight excluding hydrogens is 230 g/mol. The minimum atomic E-state index is -0.970. The number of aromatic nitrogens is 2. The van der Waals surface area contributed by atoms with Crippen molar-refractivity contribution in [2.24, 2.45) is 0 Å². The van der Waals surface area contributed by atoms with Crippen LogP contribution in [-0.4, -0.2) is 27.0 Å². The minimum absolute atomic E-state index is 0.141. The average Bonchev–Trinajstić information content (AvgIpc) is 2.95. The quantitative estimate of drug-likeness (QED) is 0.846. The molecule has 2 N–H and O–H groups in total. The summed E-state index contributed by atoms with van der Waals surface area (Å²) in [6, 6.07) is 5.80. The van der Waals surface area contributed by atoms with E-state index < -0.39 is 5.97 Å². The van der Waals surface area contributed by atoms with Gasteiger partial charge in [-0.15, -0.1) is 0 Å². The molecule has 0 saturated carbocycles. The number of imidazole rings is 1. The van der Waals surface area contributed by atoms with Gasteiger partial charge in [-0.25, -0.2) is 9.78 Å². The Hall–Kier alpha value is -1.88. The van der Waals surface area contributed by atoms with Crippen LogP contribution in [0.5, 0.6) is 0 Å². The van der Waals surface area contributed by atoms with Gasteiger partial charge in [0, 0.05) is 5.69 Å². The van der Waals surface area contributed by atoms with E-state index in [0.717, 1.165) is 30.9 Å². The second kappa shape index (κ2) is 4.10. The van der Waals surface area contributed by atoms with Crippen molar-refractivity contribution in [2.75, 3.05) is 6.54 Å². The molecule has 5 heteroatoms. The third-order valence-electron chi connectivity index (χ3n) is 3.46. The molecule has 2 aromatic rings. The van der Waals surface area contributed by atoms with Crippen LogP contribution in [0.2, 0.25) is 0 Å². The van der Waals surface area contributed by atoms with Gasteiger partial charge in [-0.3, -0.25) is 4.40 Å². The van der Waals surface area contributed by atoms with Crippen LogP contribution in [0.1, 0.15) is 40.9 Å². The van der Waals surface area contributed by atoms with E-state index in [1.54, 1.807) is 0 Å². The van der Waals surface area contributed by atoms with Gasteiger partial charge >= 0.3 is 5.97 Å². The highest BCUT2D eigenvalue weighted by Crippen LogP contribution is 2.26. The number of nitrogens with zero attached hydrogens (tertiary/aromatic N) is 2. The van der Waals surface area contributed by atoms with Gasteiger partial charge < -0.3 is 10.4 Å². The third-order valence-corrected chi connectivity index (χ3v) is 3.46. The van der Waals surface area contributed by atoms with Gasteiger partial charge in [-0.05, 0) is 38.4 Å². The molecule has 0 radical (unpaired) electrons. The van der Waals surface area contributed by atoms with Gasteiger partial charge in [0.15, 0.2) is 5.69 Å². The summed E-state index contributed by atoms with van der Waals surface area (Å²) >= 11 is 0. The van der Waals surface area contributed by atoms with Crippen LogP contribution < -0.4 is 5.32 Å².